The minimum absolute atomic E-state index is 0.0370. The number of aliphatic imine (C=N–C) groups is 1. The number of carboxylic acids is 1. The van der Waals surface area contributed by atoms with Gasteiger partial charge in [-0.05, 0) is 12.5 Å². The molecular weight excluding hydrogens is 142 g/mol. The van der Waals surface area contributed by atoms with Crippen LogP contribution in [0.25, 0.3) is 0 Å². The van der Waals surface area contributed by atoms with Crippen LogP contribution >= 0.6 is 0 Å². The zero-order chi connectivity index (χ0) is 9.44. The van der Waals surface area contributed by atoms with Crippen LogP contribution in [0.15, 0.2) is 30.3 Å². The minimum atomic E-state index is -1.02. The number of carbonyl (C=O) groups is 1. The van der Waals surface area contributed by atoms with Crippen LogP contribution < -0.4 is 0 Å². The summed E-state index contributed by atoms with van der Waals surface area (Å²) >= 11 is 0. The van der Waals surface area contributed by atoms with E-state index in [4.69, 9.17) is 5.11 Å². The first-order valence-electron chi connectivity index (χ1n) is 2.95. The SMILES string of the molecule is C=C.C=C(C)C(=NC)C(=O)O. The molecule has 0 radical (unpaired) electrons. The first kappa shape index (κ1) is 12.3. The Hall–Kier alpha value is -1.38. The third-order valence-electron chi connectivity index (χ3n) is 0.830. The van der Waals surface area contributed by atoms with Gasteiger partial charge in [0.05, 0.1) is 0 Å². The Kier molecular flexibility index (Phi) is 7.54. The quantitative estimate of drug-likeness (QED) is 0.485. The molecule has 1 N–H and O–H groups in total. The molecule has 0 aliphatic carbocycles. The summed E-state index contributed by atoms with van der Waals surface area (Å²) in [6, 6.07) is 0. The predicted octanol–water partition coefficient (Wildman–Crippen LogP) is 1.52. The summed E-state index contributed by atoms with van der Waals surface area (Å²) < 4.78 is 0. The van der Waals surface area contributed by atoms with Crippen LogP contribution in [0.5, 0.6) is 0 Å². The van der Waals surface area contributed by atoms with E-state index in [1.54, 1.807) is 6.92 Å². The maximum absolute atomic E-state index is 10.2. The van der Waals surface area contributed by atoms with Gasteiger partial charge in [-0.2, -0.15) is 0 Å². The summed E-state index contributed by atoms with van der Waals surface area (Å²) in [5, 5.41) is 8.35. The highest BCUT2D eigenvalue weighted by Crippen LogP contribution is 1.91. The van der Waals surface area contributed by atoms with Gasteiger partial charge in [0.1, 0.15) is 5.71 Å². The molecule has 0 bridgehead atoms. The molecule has 0 saturated carbocycles. The highest BCUT2D eigenvalue weighted by molar-refractivity contribution is 6.42. The molecule has 3 heteroatoms. The lowest BCUT2D eigenvalue weighted by molar-refractivity contribution is -0.129. The second-order valence-electron chi connectivity index (χ2n) is 1.66. The lowest BCUT2D eigenvalue weighted by atomic mass is 10.2. The molecule has 62 valence electrons. The van der Waals surface area contributed by atoms with Crippen LogP contribution in [0.3, 0.4) is 0 Å². The Morgan fingerprint density at radius 1 is 1.45 bits per heavy atom. The molecule has 0 aliphatic heterocycles. The lowest BCUT2D eigenvalue weighted by Gasteiger charge is -1.94. The van der Waals surface area contributed by atoms with Crippen molar-refractivity contribution in [3.05, 3.63) is 25.3 Å². The normalized spacial score (nSPS) is 9.45. The third kappa shape index (κ3) is 5.08. The van der Waals surface area contributed by atoms with Crippen LogP contribution in [0.2, 0.25) is 0 Å². The molecule has 0 spiro atoms. The highest BCUT2D eigenvalue weighted by Gasteiger charge is 2.06. The van der Waals surface area contributed by atoms with Crippen LogP contribution in [0.4, 0.5) is 0 Å². The largest absolute Gasteiger partial charge is 0.477 e. The van der Waals surface area contributed by atoms with Gasteiger partial charge in [0.15, 0.2) is 0 Å². The van der Waals surface area contributed by atoms with E-state index in [2.05, 4.69) is 24.7 Å². The molecule has 0 aromatic rings. The van der Waals surface area contributed by atoms with E-state index in [0.717, 1.165) is 0 Å². The number of nitrogens with zero attached hydrogens (tertiary/aromatic N) is 1. The van der Waals surface area contributed by atoms with E-state index in [0.29, 0.717) is 5.57 Å². The number of aliphatic carboxylic acids is 1. The van der Waals surface area contributed by atoms with Gasteiger partial charge in [-0.15, -0.1) is 13.2 Å². The first-order chi connectivity index (χ1) is 5.09. The van der Waals surface area contributed by atoms with E-state index in [-0.39, 0.29) is 5.71 Å². The molecule has 0 aromatic heterocycles. The average molecular weight is 155 g/mol. The number of hydrogen-bond donors (Lipinski definition) is 1. The second kappa shape index (κ2) is 6.74. The van der Waals surface area contributed by atoms with Crippen molar-refractivity contribution in [2.24, 2.45) is 4.99 Å². The lowest BCUT2D eigenvalue weighted by Crippen LogP contribution is -2.13. The zero-order valence-corrected chi connectivity index (χ0v) is 6.92. The monoisotopic (exact) mass is 155 g/mol. The van der Waals surface area contributed by atoms with Gasteiger partial charge >= 0.3 is 5.97 Å². The van der Waals surface area contributed by atoms with Crippen molar-refractivity contribution in [2.45, 2.75) is 6.92 Å². The summed E-state index contributed by atoms with van der Waals surface area (Å²) in [7, 11) is 1.43. The van der Waals surface area contributed by atoms with Gasteiger partial charge in [0.2, 0.25) is 0 Å². The van der Waals surface area contributed by atoms with Crippen LogP contribution in [-0.2, 0) is 4.79 Å². The fourth-order valence-corrected chi connectivity index (χ4v) is 0.469. The van der Waals surface area contributed by atoms with Crippen molar-refractivity contribution in [1.82, 2.24) is 0 Å². The van der Waals surface area contributed by atoms with Gasteiger partial charge in [-0.1, -0.05) is 6.58 Å². The van der Waals surface area contributed by atoms with Gasteiger partial charge in [-0.3, -0.25) is 4.99 Å². The fraction of sp³-hybridized carbons (Fsp3) is 0.250. The van der Waals surface area contributed by atoms with E-state index in [1.807, 2.05) is 0 Å². The van der Waals surface area contributed by atoms with Crippen molar-refractivity contribution in [1.29, 1.82) is 0 Å². The van der Waals surface area contributed by atoms with E-state index >= 15 is 0 Å². The molecule has 11 heavy (non-hydrogen) atoms. The topological polar surface area (TPSA) is 49.7 Å². The van der Waals surface area contributed by atoms with Gasteiger partial charge in [0, 0.05) is 7.05 Å². The molecule has 0 atom stereocenters. The average Bonchev–Trinajstić information content (AvgIpc) is 1.91. The Bertz CT molecular complexity index is 167. The van der Waals surface area contributed by atoms with Crippen molar-refractivity contribution in [2.75, 3.05) is 7.05 Å². The standard InChI is InChI=1S/C6H9NO2.C2H4/c1-4(2)5(7-3)6(8)9;1-2/h1H2,2-3H3,(H,8,9);1-2H2. The molecule has 3 nitrogen and oxygen atoms in total. The molecule has 0 aromatic carbocycles. The summed E-state index contributed by atoms with van der Waals surface area (Å²) in [4.78, 5) is 13.7. The van der Waals surface area contributed by atoms with Crippen molar-refractivity contribution < 1.29 is 9.90 Å². The van der Waals surface area contributed by atoms with Gasteiger partial charge in [0.25, 0.3) is 0 Å². The summed E-state index contributed by atoms with van der Waals surface area (Å²) in [6.07, 6.45) is 0. The van der Waals surface area contributed by atoms with E-state index in [1.165, 1.54) is 7.05 Å². The third-order valence-corrected chi connectivity index (χ3v) is 0.830. The maximum Gasteiger partial charge on any atom is 0.354 e. The molecule has 0 rings (SSSR count). The van der Waals surface area contributed by atoms with Crippen molar-refractivity contribution in [3.63, 3.8) is 0 Å². The Morgan fingerprint density at radius 2 is 1.82 bits per heavy atom. The predicted molar refractivity (Wildman–Crippen MR) is 47.1 cm³/mol. The number of rotatable bonds is 2. The van der Waals surface area contributed by atoms with Crippen LogP contribution in [0.1, 0.15) is 6.92 Å². The Morgan fingerprint density at radius 3 is 1.82 bits per heavy atom. The molecule has 0 saturated heterocycles. The zero-order valence-electron chi connectivity index (χ0n) is 6.92. The number of hydrogen-bond acceptors (Lipinski definition) is 2. The van der Waals surface area contributed by atoms with E-state index < -0.39 is 5.97 Å². The highest BCUT2D eigenvalue weighted by atomic mass is 16.4. The van der Waals surface area contributed by atoms with Crippen molar-refractivity contribution >= 4 is 11.7 Å². The summed E-state index contributed by atoms with van der Waals surface area (Å²) in [5.41, 5.74) is 0.514. The molecule has 0 heterocycles. The first-order valence-corrected chi connectivity index (χ1v) is 2.95. The molecule has 0 unspecified atom stereocenters. The second-order valence-corrected chi connectivity index (χ2v) is 1.66. The van der Waals surface area contributed by atoms with Crippen LogP contribution in [0, 0.1) is 0 Å². The summed E-state index contributed by atoms with van der Waals surface area (Å²) in [6.45, 7) is 11.0. The van der Waals surface area contributed by atoms with Crippen molar-refractivity contribution in [3.8, 4) is 0 Å². The molecule has 0 amide bonds. The van der Waals surface area contributed by atoms with Crippen LogP contribution in [-0.4, -0.2) is 23.8 Å². The fourth-order valence-electron chi connectivity index (χ4n) is 0.469. The molecule has 0 aliphatic rings. The smallest absolute Gasteiger partial charge is 0.354 e. The number of carboxylic acid groups (broad SMARTS) is 1. The summed E-state index contributed by atoms with van der Waals surface area (Å²) in [5.74, 6) is -1.02. The Labute approximate surface area is 66.8 Å². The molecular formula is C8H13NO2. The Balaban J connectivity index is 0. The van der Waals surface area contributed by atoms with E-state index in [9.17, 15) is 4.79 Å². The minimum Gasteiger partial charge on any atom is -0.477 e. The van der Waals surface area contributed by atoms with Gasteiger partial charge in [-0.25, -0.2) is 4.79 Å². The van der Waals surface area contributed by atoms with Gasteiger partial charge < -0.3 is 5.11 Å². The maximum atomic E-state index is 10.2. The molecule has 0 fully saturated rings.